The minimum atomic E-state index is -0.231. The van der Waals surface area contributed by atoms with Crippen LogP contribution in [0.5, 0.6) is 5.75 Å². The van der Waals surface area contributed by atoms with Gasteiger partial charge in [-0.1, -0.05) is 48.5 Å². The summed E-state index contributed by atoms with van der Waals surface area (Å²) in [5.74, 6) is 0.647. The van der Waals surface area contributed by atoms with Gasteiger partial charge in [-0.2, -0.15) is 0 Å². The summed E-state index contributed by atoms with van der Waals surface area (Å²) in [6.45, 7) is 1.27. The lowest BCUT2D eigenvalue weighted by Crippen LogP contribution is -2.06. The van der Waals surface area contributed by atoms with E-state index in [4.69, 9.17) is 4.74 Å². The van der Waals surface area contributed by atoms with Gasteiger partial charge in [0.25, 0.3) is 0 Å². The SMILES string of the molecule is Fc1ccc(NCc2ccccc2OCCc2ccccc2)cc1. The Kier molecular flexibility index (Phi) is 5.46. The van der Waals surface area contributed by atoms with Crippen molar-refractivity contribution in [3.8, 4) is 5.75 Å². The van der Waals surface area contributed by atoms with Crippen LogP contribution in [0.15, 0.2) is 78.9 Å². The lowest BCUT2D eigenvalue weighted by atomic mass is 10.1. The van der Waals surface area contributed by atoms with Gasteiger partial charge in [-0.25, -0.2) is 4.39 Å². The van der Waals surface area contributed by atoms with Crippen molar-refractivity contribution in [3.05, 3.63) is 95.8 Å². The summed E-state index contributed by atoms with van der Waals surface area (Å²) in [6, 6.07) is 24.6. The van der Waals surface area contributed by atoms with E-state index in [-0.39, 0.29) is 5.82 Å². The minimum absolute atomic E-state index is 0.231. The van der Waals surface area contributed by atoms with Crippen LogP contribution in [0.2, 0.25) is 0 Å². The van der Waals surface area contributed by atoms with E-state index in [1.54, 1.807) is 12.1 Å². The van der Waals surface area contributed by atoms with Crippen LogP contribution in [0.4, 0.5) is 10.1 Å². The van der Waals surface area contributed by atoms with E-state index in [9.17, 15) is 4.39 Å². The van der Waals surface area contributed by atoms with Crippen LogP contribution < -0.4 is 10.1 Å². The normalized spacial score (nSPS) is 10.4. The number of hydrogen-bond acceptors (Lipinski definition) is 2. The summed E-state index contributed by atoms with van der Waals surface area (Å²) in [5, 5.41) is 3.29. The molecule has 0 aromatic heterocycles. The fourth-order valence-electron chi connectivity index (χ4n) is 2.48. The van der Waals surface area contributed by atoms with Crippen molar-refractivity contribution in [1.29, 1.82) is 0 Å². The van der Waals surface area contributed by atoms with E-state index >= 15 is 0 Å². The molecule has 0 fully saturated rings. The van der Waals surface area contributed by atoms with E-state index in [2.05, 4.69) is 17.4 Å². The second kappa shape index (κ2) is 8.16. The Morgan fingerprint density at radius 3 is 2.29 bits per heavy atom. The van der Waals surface area contributed by atoms with Gasteiger partial charge in [-0.05, 0) is 35.9 Å². The van der Waals surface area contributed by atoms with E-state index in [0.717, 1.165) is 23.4 Å². The van der Waals surface area contributed by atoms with Gasteiger partial charge in [0.15, 0.2) is 0 Å². The summed E-state index contributed by atoms with van der Waals surface area (Å²) in [6.07, 6.45) is 0.876. The van der Waals surface area contributed by atoms with Crippen LogP contribution in [-0.2, 0) is 13.0 Å². The monoisotopic (exact) mass is 321 g/mol. The third kappa shape index (κ3) is 4.59. The fraction of sp³-hybridized carbons (Fsp3) is 0.143. The summed E-state index contributed by atoms with van der Waals surface area (Å²) < 4.78 is 18.9. The summed E-state index contributed by atoms with van der Waals surface area (Å²) in [7, 11) is 0. The topological polar surface area (TPSA) is 21.3 Å². The average Bonchev–Trinajstić information content (AvgIpc) is 2.63. The first-order chi connectivity index (χ1) is 11.8. The highest BCUT2D eigenvalue weighted by atomic mass is 19.1. The van der Waals surface area contributed by atoms with Crippen molar-refractivity contribution in [2.75, 3.05) is 11.9 Å². The first-order valence-corrected chi connectivity index (χ1v) is 8.05. The van der Waals surface area contributed by atoms with Crippen molar-refractivity contribution >= 4 is 5.69 Å². The Morgan fingerprint density at radius 2 is 1.50 bits per heavy atom. The molecule has 0 bridgehead atoms. The zero-order valence-electron chi connectivity index (χ0n) is 13.4. The molecule has 122 valence electrons. The number of benzene rings is 3. The molecule has 0 aliphatic heterocycles. The highest BCUT2D eigenvalue weighted by Crippen LogP contribution is 2.20. The summed E-state index contributed by atoms with van der Waals surface area (Å²) in [5.41, 5.74) is 3.23. The molecule has 3 heteroatoms. The Morgan fingerprint density at radius 1 is 0.792 bits per heavy atom. The van der Waals surface area contributed by atoms with Crippen LogP contribution >= 0.6 is 0 Å². The molecule has 3 aromatic carbocycles. The van der Waals surface area contributed by atoms with E-state index in [1.165, 1.54) is 17.7 Å². The molecule has 0 heterocycles. The van der Waals surface area contributed by atoms with E-state index in [0.29, 0.717) is 13.2 Å². The molecular weight excluding hydrogens is 301 g/mol. The van der Waals surface area contributed by atoms with Gasteiger partial charge < -0.3 is 10.1 Å². The van der Waals surface area contributed by atoms with Gasteiger partial charge in [0.1, 0.15) is 11.6 Å². The molecule has 0 amide bonds. The summed E-state index contributed by atoms with van der Waals surface area (Å²) >= 11 is 0. The van der Waals surface area contributed by atoms with E-state index < -0.39 is 0 Å². The molecule has 3 aromatic rings. The maximum absolute atomic E-state index is 12.9. The second-order valence-corrected chi connectivity index (χ2v) is 5.55. The molecule has 1 N–H and O–H groups in total. The standard InChI is InChI=1S/C21H20FNO/c22-19-10-12-20(13-11-19)23-16-18-8-4-5-9-21(18)24-15-14-17-6-2-1-3-7-17/h1-13,23H,14-16H2. The van der Waals surface area contributed by atoms with Crippen LogP contribution in [0.1, 0.15) is 11.1 Å². The van der Waals surface area contributed by atoms with Crippen molar-refractivity contribution in [2.45, 2.75) is 13.0 Å². The third-order valence-corrected chi connectivity index (χ3v) is 3.79. The predicted molar refractivity (Wildman–Crippen MR) is 95.8 cm³/mol. The van der Waals surface area contributed by atoms with Gasteiger partial charge >= 0.3 is 0 Å². The molecule has 0 radical (unpaired) electrons. The second-order valence-electron chi connectivity index (χ2n) is 5.55. The highest BCUT2D eigenvalue weighted by molar-refractivity contribution is 5.45. The molecule has 24 heavy (non-hydrogen) atoms. The fourth-order valence-corrected chi connectivity index (χ4v) is 2.48. The van der Waals surface area contributed by atoms with Gasteiger partial charge in [-0.15, -0.1) is 0 Å². The van der Waals surface area contributed by atoms with Gasteiger partial charge in [-0.3, -0.25) is 0 Å². The molecule has 0 aliphatic carbocycles. The van der Waals surface area contributed by atoms with Crippen molar-refractivity contribution in [2.24, 2.45) is 0 Å². The quantitative estimate of drug-likeness (QED) is 0.657. The van der Waals surface area contributed by atoms with Gasteiger partial charge in [0.2, 0.25) is 0 Å². The van der Waals surface area contributed by atoms with Crippen molar-refractivity contribution in [1.82, 2.24) is 0 Å². The molecule has 0 saturated carbocycles. The van der Waals surface area contributed by atoms with Gasteiger partial charge in [0, 0.05) is 24.2 Å². The molecule has 0 atom stereocenters. The number of nitrogens with one attached hydrogen (secondary N) is 1. The Labute approximate surface area is 141 Å². The molecule has 0 saturated heterocycles. The van der Waals surface area contributed by atoms with E-state index in [1.807, 2.05) is 42.5 Å². The van der Waals surface area contributed by atoms with Crippen molar-refractivity contribution in [3.63, 3.8) is 0 Å². The lowest BCUT2D eigenvalue weighted by Gasteiger charge is -2.13. The van der Waals surface area contributed by atoms with Crippen molar-refractivity contribution < 1.29 is 9.13 Å². The highest BCUT2D eigenvalue weighted by Gasteiger charge is 2.03. The Hall–Kier alpha value is -2.81. The molecule has 0 aliphatic rings. The molecule has 2 nitrogen and oxygen atoms in total. The number of hydrogen-bond donors (Lipinski definition) is 1. The maximum Gasteiger partial charge on any atom is 0.124 e. The predicted octanol–water partition coefficient (Wildman–Crippen LogP) is 5.06. The molecule has 0 spiro atoms. The Bertz CT molecular complexity index is 756. The number of halogens is 1. The number of rotatable bonds is 7. The molecular formula is C21H20FNO. The van der Waals surface area contributed by atoms with Crippen LogP contribution in [0, 0.1) is 5.82 Å². The van der Waals surface area contributed by atoms with Gasteiger partial charge in [0.05, 0.1) is 6.61 Å². The zero-order valence-corrected chi connectivity index (χ0v) is 13.4. The maximum atomic E-state index is 12.9. The average molecular weight is 321 g/mol. The lowest BCUT2D eigenvalue weighted by molar-refractivity contribution is 0.319. The largest absolute Gasteiger partial charge is 0.493 e. The molecule has 0 unspecified atom stereocenters. The minimum Gasteiger partial charge on any atom is -0.493 e. The number of anilines is 1. The van der Waals surface area contributed by atoms with Crippen LogP contribution in [0.3, 0.4) is 0 Å². The first kappa shape index (κ1) is 16.1. The zero-order chi connectivity index (χ0) is 16.6. The van der Waals surface area contributed by atoms with Crippen LogP contribution in [-0.4, -0.2) is 6.61 Å². The van der Waals surface area contributed by atoms with Crippen LogP contribution in [0.25, 0.3) is 0 Å². The number of para-hydroxylation sites is 1. The Balaban J connectivity index is 1.57. The number of ether oxygens (including phenoxy) is 1. The smallest absolute Gasteiger partial charge is 0.124 e. The molecule has 3 rings (SSSR count). The summed E-state index contributed by atoms with van der Waals surface area (Å²) in [4.78, 5) is 0. The third-order valence-electron chi connectivity index (χ3n) is 3.79. The first-order valence-electron chi connectivity index (χ1n) is 8.05.